The zero-order chi connectivity index (χ0) is 16.7. The maximum atomic E-state index is 12.7. The van der Waals surface area contributed by atoms with Gasteiger partial charge in [0.15, 0.2) is 0 Å². The molecule has 0 saturated heterocycles. The molecular formula is C18H20N2O2Si. The van der Waals surface area contributed by atoms with Crippen LogP contribution in [-0.2, 0) is 15.1 Å². The average molecular weight is 324 g/mol. The van der Waals surface area contributed by atoms with Gasteiger partial charge in [-0.2, -0.15) is 0 Å². The first kappa shape index (κ1) is 15.6. The SMILES string of the molecule is CC1=C([Si](C)(C)C)C(=O)OC1(c1ccccn1)c1ccccn1. The monoisotopic (exact) mass is 324 g/mol. The largest absolute Gasteiger partial charge is 0.438 e. The Morgan fingerprint density at radius 2 is 1.48 bits per heavy atom. The summed E-state index contributed by atoms with van der Waals surface area (Å²) in [6, 6.07) is 11.3. The average Bonchev–Trinajstić information content (AvgIpc) is 2.81. The van der Waals surface area contributed by atoms with E-state index in [1.165, 1.54) is 0 Å². The van der Waals surface area contributed by atoms with Crippen molar-refractivity contribution in [1.29, 1.82) is 0 Å². The number of rotatable bonds is 3. The molecule has 0 N–H and O–H groups in total. The molecule has 3 heterocycles. The van der Waals surface area contributed by atoms with Crippen molar-refractivity contribution in [1.82, 2.24) is 9.97 Å². The summed E-state index contributed by atoms with van der Waals surface area (Å²) in [6.07, 6.45) is 3.43. The number of hydrogen-bond acceptors (Lipinski definition) is 4. The van der Waals surface area contributed by atoms with Crippen LogP contribution >= 0.6 is 0 Å². The van der Waals surface area contributed by atoms with Crippen LogP contribution in [0, 0.1) is 0 Å². The van der Waals surface area contributed by atoms with Crippen LogP contribution in [0.15, 0.2) is 59.6 Å². The highest BCUT2D eigenvalue weighted by Gasteiger charge is 2.52. The van der Waals surface area contributed by atoms with Crippen LogP contribution in [0.2, 0.25) is 19.6 Å². The van der Waals surface area contributed by atoms with Crippen molar-refractivity contribution in [3.8, 4) is 0 Å². The van der Waals surface area contributed by atoms with Crippen LogP contribution in [0.1, 0.15) is 18.3 Å². The van der Waals surface area contributed by atoms with Gasteiger partial charge in [0.25, 0.3) is 0 Å². The molecule has 0 atom stereocenters. The van der Waals surface area contributed by atoms with Crippen LogP contribution in [-0.4, -0.2) is 24.0 Å². The fourth-order valence-corrected chi connectivity index (χ4v) is 5.19. The highest BCUT2D eigenvalue weighted by atomic mass is 28.3. The standard InChI is InChI=1S/C18H20N2O2Si/c1-13-16(23(2,3)4)17(21)22-18(13,14-9-5-7-11-19-14)15-10-6-8-12-20-15/h5-12H,1-4H3. The molecule has 1 aliphatic rings. The van der Waals surface area contributed by atoms with E-state index in [4.69, 9.17) is 4.74 Å². The Labute approximate surface area is 137 Å². The van der Waals surface area contributed by atoms with Gasteiger partial charge in [0.2, 0.25) is 5.60 Å². The molecule has 23 heavy (non-hydrogen) atoms. The van der Waals surface area contributed by atoms with E-state index in [9.17, 15) is 4.79 Å². The molecule has 0 unspecified atom stereocenters. The summed E-state index contributed by atoms with van der Waals surface area (Å²) in [6.45, 7) is 8.43. The fourth-order valence-electron chi connectivity index (χ4n) is 3.23. The van der Waals surface area contributed by atoms with Gasteiger partial charge in [0.05, 0.1) is 19.5 Å². The Bertz CT molecular complexity index is 725. The zero-order valence-electron chi connectivity index (χ0n) is 13.8. The molecule has 0 spiro atoms. The van der Waals surface area contributed by atoms with E-state index in [0.29, 0.717) is 11.4 Å². The Morgan fingerprint density at radius 1 is 0.957 bits per heavy atom. The Kier molecular flexibility index (Phi) is 3.68. The molecule has 0 fully saturated rings. The number of cyclic esters (lactones) is 1. The minimum absolute atomic E-state index is 0.238. The van der Waals surface area contributed by atoms with Crippen LogP contribution in [0.5, 0.6) is 0 Å². The van der Waals surface area contributed by atoms with Gasteiger partial charge >= 0.3 is 5.97 Å². The van der Waals surface area contributed by atoms with Crippen molar-refractivity contribution in [2.24, 2.45) is 0 Å². The molecule has 2 aromatic heterocycles. The van der Waals surface area contributed by atoms with Gasteiger partial charge in [0, 0.05) is 17.6 Å². The van der Waals surface area contributed by atoms with Crippen LogP contribution in [0.25, 0.3) is 0 Å². The van der Waals surface area contributed by atoms with Crippen molar-refractivity contribution in [3.05, 3.63) is 70.9 Å². The summed E-state index contributed by atoms with van der Waals surface area (Å²) >= 11 is 0. The second kappa shape index (κ2) is 5.42. The highest BCUT2D eigenvalue weighted by molar-refractivity contribution is 6.87. The molecule has 118 valence electrons. The molecule has 4 nitrogen and oxygen atoms in total. The minimum atomic E-state index is -1.86. The van der Waals surface area contributed by atoms with Crippen LogP contribution < -0.4 is 0 Å². The van der Waals surface area contributed by atoms with E-state index in [2.05, 4.69) is 29.6 Å². The first-order valence-electron chi connectivity index (χ1n) is 7.65. The number of pyridine rings is 2. The van der Waals surface area contributed by atoms with E-state index in [-0.39, 0.29) is 5.97 Å². The van der Waals surface area contributed by atoms with Gasteiger partial charge in [-0.15, -0.1) is 0 Å². The van der Waals surface area contributed by atoms with Gasteiger partial charge in [-0.05, 0) is 36.8 Å². The van der Waals surface area contributed by atoms with E-state index in [0.717, 1.165) is 10.8 Å². The molecular weight excluding hydrogens is 304 g/mol. The third kappa shape index (κ3) is 2.41. The zero-order valence-corrected chi connectivity index (χ0v) is 14.8. The number of hydrogen-bond donors (Lipinski definition) is 0. The Balaban J connectivity index is 2.32. The van der Waals surface area contributed by atoms with Crippen LogP contribution in [0.4, 0.5) is 0 Å². The van der Waals surface area contributed by atoms with Crippen molar-refractivity contribution in [2.45, 2.75) is 32.2 Å². The molecule has 0 saturated carbocycles. The first-order chi connectivity index (χ1) is 10.9. The summed E-state index contributed by atoms with van der Waals surface area (Å²) in [4.78, 5) is 21.6. The highest BCUT2D eigenvalue weighted by Crippen LogP contribution is 2.46. The summed E-state index contributed by atoms with van der Waals surface area (Å²) in [7, 11) is -1.86. The topological polar surface area (TPSA) is 52.1 Å². The number of carbonyl (C=O) groups excluding carboxylic acids is 1. The Hall–Kier alpha value is -2.27. The first-order valence-corrected chi connectivity index (χ1v) is 11.2. The molecule has 1 aliphatic heterocycles. The molecule has 0 aliphatic carbocycles. The number of nitrogens with zero attached hydrogens (tertiary/aromatic N) is 2. The van der Waals surface area contributed by atoms with Gasteiger partial charge in [0.1, 0.15) is 0 Å². The normalized spacial score (nSPS) is 17.3. The summed E-state index contributed by atoms with van der Waals surface area (Å²) in [5, 5.41) is 0.828. The van der Waals surface area contributed by atoms with Crippen molar-refractivity contribution in [2.75, 3.05) is 0 Å². The maximum Gasteiger partial charge on any atom is 0.331 e. The number of carbonyl (C=O) groups is 1. The molecule has 5 heteroatoms. The summed E-state index contributed by atoms with van der Waals surface area (Å²) in [5.41, 5.74) is 1.28. The quantitative estimate of drug-likeness (QED) is 0.641. The lowest BCUT2D eigenvalue weighted by atomic mass is 9.87. The predicted molar refractivity (Wildman–Crippen MR) is 91.4 cm³/mol. The number of esters is 1. The lowest BCUT2D eigenvalue weighted by Gasteiger charge is -2.28. The molecule has 3 rings (SSSR count). The second-order valence-corrected chi connectivity index (χ2v) is 11.8. The van der Waals surface area contributed by atoms with E-state index in [1.807, 2.05) is 43.3 Å². The van der Waals surface area contributed by atoms with Gasteiger partial charge in [-0.3, -0.25) is 9.97 Å². The molecule has 0 amide bonds. The third-order valence-corrected chi connectivity index (χ3v) is 6.23. The number of ether oxygens (including phenoxy) is 1. The second-order valence-electron chi connectivity index (χ2n) is 6.75. The van der Waals surface area contributed by atoms with Gasteiger partial charge < -0.3 is 4.74 Å². The molecule has 0 aromatic carbocycles. The number of aromatic nitrogens is 2. The fraction of sp³-hybridized carbons (Fsp3) is 0.278. The summed E-state index contributed by atoms with van der Waals surface area (Å²) in [5.74, 6) is -0.238. The predicted octanol–water partition coefficient (Wildman–Crippen LogP) is 3.47. The Morgan fingerprint density at radius 3 is 1.83 bits per heavy atom. The minimum Gasteiger partial charge on any atom is -0.438 e. The van der Waals surface area contributed by atoms with Crippen molar-refractivity contribution < 1.29 is 9.53 Å². The smallest absolute Gasteiger partial charge is 0.331 e. The molecule has 0 radical (unpaired) electrons. The van der Waals surface area contributed by atoms with Crippen LogP contribution in [0.3, 0.4) is 0 Å². The third-order valence-electron chi connectivity index (χ3n) is 4.15. The summed E-state index contributed by atoms with van der Waals surface area (Å²) < 4.78 is 5.97. The van der Waals surface area contributed by atoms with E-state index < -0.39 is 13.7 Å². The maximum absolute atomic E-state index is 12.7. The lowest BCUT2D eigenvalue weighted by molar-refractivity contribution is -0.144. The van der Waals surface area contributed by atoms with E-state index >= 15 is 0 Å². The van der Waals surface area contributed by atoms with Gasteiger partial charge in [-0.1, -0.05) is 31.8 Å². The van der Waals surface area contributed by atoms with Crippen molar-refractivity contribution >= 4 is 14.0 Å². The van der Waals surface area contributed by atoms with Crippen molar-refractivity contribution in [3.63, 3.8) is 0 Å². The molecule has 2 aromatic rings. The van der Waals surface area contributed by atoms with E-state index in [1.54, 1.807) is 12.4 Å². The lowest BCUT2D eigenvalue weighted by Crippen LogP contribution is -2.32. The van der Waals surface area contributed by atoms with Gasteiger partial charge in [-0.25, -0.2) is 4.79 Å². The molecule has 0 bridgehead atoms.